The summed E-state index contributed by atoms with van der Waals surface area (Å²) in [5, 5.41) is 2.13. The summed E-state index contributed by atoms with van der Waals surface area (Å²) in [6, 6.07) is 4.26. The van der Waals surface area contributed by atoms with E-state index in [9.17, 15) is 19.2 Å². The molecule has 3 amide bonds. The molecular weight excluding hydrogens is 284 g/mol. The third kappa shape index (κ3) is 2.11. The molecule has 2 aliphatic rings. The van der Waals surface area contributed by atoms with Crippen molar-refractivity contribution in [1.29, 1.82) is 0 Å². The maximum Gasteiger partial charge on any atom is 0.257 e. The lowest BCUT2D eigenvalue weighted by molar-refractivity contribution is -0.144. The van der Waals surface area contributed by atoms with Crippen LogP contribution in [0.4, 0.5) is 0 Å². The molecule has 0 unspecified atom stereocenters. The Labute approximate surface area is 127 Å². The first-order valence-corrected chi connectivity index (χ1v) is 7.19. The van der Waals surface area contributed by atoms with Crippen molar-refractivity contribution in [3.63, 3.8) is 0 Å². The molecule has 1 saturated heterocycles. The van der Waals surface area contributed by atoms with Gasteiger partial charge in [0.2, 0.25) is 5.91 Å². The van der Waals surface area contributed by atoms with Gasteiger partial charge in [-0.05, 0) is 23.1 Å². The number of fused-ring (bicyclic) bond motifs is 1. The highest BCUT2D eigenvalue weighted by Gasteiger charge is 2.44. The number of carbonyl (C=O) groups excluding carboxylic acids is 4. The highest BCUT2D eigenvalue weighted by Crippen LogP contribution is 2.32. The molecule has 1 aromatic rings. The van der Waals surface area contributed by atoms with Gasteiger partial charge in [-0.1, -0.05) is 26.0 Å². The quantitative estimate of drug-likeness (QED) is 0.645. The molecule has 2 aliphatic heterocycles. The number of Topliss-reactive ketones (excluding diaryl/α,β-unsaturated/α-hetero) is 1. The van der Waals surface area contributed by atoms with E-state index in [1.807, 2.05) is 26.0 Å². The van der Waals surface area contributed by atoms with Crippen LogP contribution in [0.25, 0.3) is 0 Å². The third-order valence-corrected chi connectivity index (χ3v) is 4.12. The fourth-order valence-electron chi connectivity index (χ4n) is 3.09. The van der Waals surface area contributed by atoms with Crippen LogP contribution in [0.5, 0.6) is 0 Å². The number of rotatable bonds is 2. The van der Waals surface area contributed by atoms with Gasteiger partial charge in [-0.3, -0.25) is 24.5 Å². The zero-order valence-corrected chi connectivity index (χ0v) is 12.4. The smallest absolute Gasteiger partial charge is 0.257 e. The molecule has 0 aliphatic carbocycles. The Hall–Kier alpha value is -2.50. The lowest BCUT2D eigenvalue weighted by atomic mass is 9.95. The van der Waals surface area contributed by atoms with Gasteiger partial charge >= 0.3 is 0 Å². The van der Waals surface area contributed by atoms with Crippen LogP contribution in [0.3, 0.4) is 0 Å². The molecule has 0 saturated carbocycles. The Morgan fingerprint density at radius 1 is 1.18 bits per heavy atom. The van der Waals surface area contributed by atoms with Gasteiger partial charge in [-0.15, -0.1) is 0 Å². The minimum absolute atomic E-state index is 0.223. The Balaban J connectivity index is 1.97. The van der Waals surface area contributed by atoms with Crippen LogP contribution in [0.1, 0.15) is 47.7 Å². The van der Waals surface area contributed by atoms with Crippen molar-refractivity contribution in [2.45, 2.75) is 38.8 Å². The molecule has 0 aromatic heterocycles. The SMILES string of the molecule is CC(C)c1cccc2c1CN([C@H]1C(=O)CC(=O)NC1=O)C2=O. The summed E-state index contributed by atoms with van der Waals surface area (Å²) in [5.41, 5.74) is 2.43. The molecule has 0 radical (unpaired) electrons. The van der Waals surface area contributed by atoms with Crippen molar-refractivity contribution in [3.05, 3.63) is 34.9 Å². The number of hydrogen-bond donors (Lipinski definition) is 1. The van der Waals surface area contributed by atoms with Crippen molar-refractivity contribution in [2.75, 3.05) is 0 Å². The standard InChI is InChI=1S/C16H16N2O4/c1-8(2)9-4-3-5-10-11(9)7-18(16(10)22)14-12(19)6-13(20)17-15(14)21/h3-5,8,14H,6-7H2,1-2H3,(H,17,20,21)/t14-/m0/s1. The van der Waals surface area contributed by atoms with Gasteiger partial charge < -0.3 is 4.90 Å². The zero-order valence-electron chi connectivity index (χ0n) is 12.4. The van der Waals surface area contributed by atoms with E-state index in [-0.39, 0.29) is 24.8 Å². The number of ketones is 1. The van der Waals surface area contributed by atoms with Gasteiger partial charge in [-0.25, -0.2) is 0 Å². The minimum atomic E-state index is -1.21. The maximum atomic E-state index is 12.6. The number of nitrogens with one attached hydrogen (secondary N) is 1. The minimum Gasteiger partial charge on any atom is -0.315 e. The van der Waals surface area contributed by atoms with Gasteiger partial charge in [0.15, 0.2) is 11.8 Å². The number of nitrogens with zero attached hydrogens (tertiary/aromatic N) is 1. The van der Waals surface area contributed by atoms with Gasteiger partial charge in [0.1, 0.15) is 0 Å². The second kappa shape index (κ2) is 5.05. The van der Waals surface area contributed by atoms with Crippen LogP contribution in [0.2, 0.25) is 0 Å². The van der Waals surface area contributed by atoms with E-state index >= 15 is 0 Å². The largest absolute Gasteiger partial charge is 0.315 e. The summed E-state index contributed by atoms with van der Waals surface area (Å²) in [7, 11) is 0. The average Bonchev–Trinajstić information content (AvgIpc) is 2.75. The first-order chi connectivity index (χ1) is 10.4. The first kappa shape index (κ1) is 14.4. The number of carbonyl (C=O) groups is 4. The second-order valence-corrected chi connectivity index (χ2v) is 5.92. The molecule has 114 valence electrons. The van der Waals surface area contributed by atoms with E-state index in [1.165, 1.54) is 4.90 Å². The molecule has 1 N–H and O–H groups in total. The molecule has 0 spiro atoms. The maximum absolute atomic E-state index is 12.6. The Bertz CT molecular complexity index is 688. The van der Waals surface area contributed by atoms with Gasteiger partial charge in [0, 0.05) is 12.1 Å². The van der Waals surface area contributed by atoms with E-state index in [0.29, 0.717) is 5.56 Å². The number of imide groups is 1. The molecule has 1 fully saturated rings. The number of benzene rings is 1. The molecule has 6 nitrogen and oxygen atoms in total. The summed E-state index contributed by atoms with van der Waals surface area (Å²) < 4.78 is 0. The van der Waals surface area contributed by atoms with Crippen molar-refractivity contribution in [3.8, 4) is 0 Å². The summed E-state index contributed by atoms with van der Waals surface area (Å²) in [6.45, 7) is 4.28. The third-order valence-electron chi connectivity index (χ3n) is 4.12. The second-order valence-electron chi connectivity index (χ2n) is 5.92. The number of hydrogen-bond acceptors (Lipinski definition) is 4. The van der Waals surface area contributed by atoms with E-state index in [1.54, 1.807) is 6.07 Å². The number of amides is 3. The van der Waals surface area contributed by atoms with Gasteiger partial charge in [0.05, 0.1) is 6.42 Å². The monoisotopic (exact) mass is 300 g/mol. The van der Waals surface area contributed by atoms with E-state index in [2.05, 4.69) is 5.32 Å². The molecule has 1 aromatic carbocycles. The lowest BCUT2D eigenvalue weighted by Gasteiger charge is -2.28. The lowest BCUT2D eigenvalue weighted by Crippen LogP contribution is -2.57. The van der Waals surface area contributed by atoms with Crippen LogP contribution in [-0.4, -0.2) is 34.4 Å². The fourth-order valence-corrected chi connectivity index (χ4v) is 3.09. The van der Waals surface area contributed by atoms with Crippen LogP contribution < -0.4 is 5.32 Å². The average molecular weight is 300 g/mol. The normalized spacial score (nSPS) is 21.4. The number of piperidine rings is 1. The van der Waals surface area contributed by atoms with Crippen molar-refractivity contribution >= 4 is 23.5 Å². The fraction of sp³-hybridized carbons (Fsp3) is 0.375. The van der Waals surface area contributed by atoms with Crippen LogP contribution in [-0.2, 0) is 20.9 Å². The molecule has 22 heavy (non-hydrogen) atoms. The topological polar surface area (TPSA) is 83.6 Å². The summed E-state index contributed by atoms with van der Waals surface area (Å²) in [5.74, 6) is -1.95. The molecule has 0 bridgehead atoms. The summed E-state index contributed by atoms with van der Waals surface area (Å²) in [6.07, 6.45) is -0.367. The molecule has 2 heterocycles. The Morgan fingerprint density at radius 3 is 2.55 bits per heavy atom. The molecule has 3 rings (SSSR count). The predicted molar refractivity (Wildman–Crippen MR) is 77.0 cm³/mol. The Morgan fingerprint density at radius 2 is 1.91 bits per heavy atom. The van der Waals surface area contributed by atoms with Crippen molar-refractivity contribution < 1.29 is 19.2 Å². The van der Waals surface area contributed by atoms with Crippen LogP contribution in [0, 0.1) is 0 Å². The summed E-state index contributed by atoms with van der Waals surface area (Å²) in [4.78, 5) is 49.1. The van der Waals surface area contributed by atoms with Crippen molar-refractivity contribution in [1.82, 2.24) is 10.2 Å². The predicted octanol–water partition coefficient (Wildman–Crippen LogP) is 0.750. The van der Waals surface area contributed by atoms with Crippen LogP contribution in [0.15, 0.2) is 18.2 Å². The Kier molecular flexibility index (Phi) is 3.31. The van der Waals surface area contributed by atoms with E-state index in [4.69, 9.17) is 0 Å². The van der Waals surface area contributed by atoms with Crippen LogP contribution >= 0.6 is 0 Å². The van der Waals surface area contributed by atoms with E-state index in [0.717, 1.165) is 11.1 Å². The molecule has 6 heteroatoms. The highest BCUT2D eigenvalue weighted by molar-refractivity contribution is 6.22. The van der Waals surface area contributed by atoms with E-state index < -0.39 is 23.6 Å². The van der Waals surface area contributed by atoms with Gasteiger partial charge in [-0.2, -0.15) is 0 Å². The molecule has 1 atom stereocenters. The van der Waals surface area contributed by atoms with Gasteiger partial charge in [0.25, 0.3) is 11.8 Å². The van der Waals surface area contributed by atoms with Crippen molar-refractivity contribution in [2.24, 2.45) is 0 Å². The summed E-state index contributed by atoms with van der Waals surface area (Å²) >= 11 is 0. The first-order valence-electron chi connectivity index (χ1n) is 7.19. The highest BCUT2D eigenvalue weighted by atomic mass is 16.2. The zero-order chi connectivity index (χ0) is 16.0. The molecular formula is C16H16N2O4.